The molecular formula is C17H13ClN4O4S. The maximum Gasteiger partial charge on any atom is 0.339 e. The summed E-state index contributed by atoms with van der Waals surface area (Å²) in [5.41, 5.74) is 1.34. The Morgan fingerprint density at radius 1 is 1.22 bits per heavy atom. The van der Waals surface area contributed by atoms with E-state index in [1.165, 1.54) is 19.2 Å². The Balaban J connectivity index is 1.59. The second kappa shape index (κ2) is 8.65. The Labute approximate surface area is 163 Å². The molecule has 0 saturated heterocycles. The van der Waals surface area contributed by atoms with Gasteiger partial charge in [-0.1, -0.05) is 23.4 Å². The normalized spacial score (nSPS) is 10.4. The molecule has 3 rings (SSSR count). The number of esters is 1. The van der Waals surface area contributed by atoms with Crippen LogP contribution in [0.25, 0.3) is 11.5 Å². The summed E-state index contributed by atoms with van der Waals surface area (Å²) in [6.45, 7) is 0. The predicted molar refractivity (Wildman–Crippen MR) is 99.7 cm³/mol. The molecule has 8 nitrogen and oxygen atoms in total. The predicted octanol–water partition coefficient (Wildman–Crippen LogP) is 3.30. The van der Waals surface area contributed by atoms with Crippen LogP contribution in [0.15, 0.2) is 52.4 Å². The van der Waals surface area contributed by atoms with Gasteiger partial charge in [-0.15, -0.1) is 10.2 Å². The number of anilines is 1. The molecule has 0 aliphatic carbocycles. The highest BCUT2D eigenvalue weighted by atomic mass is 35.5. The molecule has 0 atom stereocenters. The van der Waals surface area contributed by atoms with E-state index in [9.17, 15) is 9.59 Å². The van der Waals surface area contributed by atoms with Crippen molar-refractivity contribution < 1.29 is 18.7 Å². The number of rotatable bonds is 6. The first-order valence-corrected chi connectivity index (χ1v) is 8.97. The third kappa shape index (κ3) is 4.83. The number of halogens is 1. The number of methoxy groups -OCH3 is 1. The first kappa shape index (κ1) is 18.9. The molecule has 2 heterocycles. The molecular weight excluding hydrogens is 392 g/mol. The second-order valence-electron chi connectivity index (χ2n) is 5.13. The molecule has 0 radical (unpaired) electrons. The topological polar surface area (TPSA) is 107 Å². The molecule has 0 bridgehead atoms. The lowest BCUT2D eigenvalue weighted by molar-refractivity contribution is -0.113. The summed E-state index contributed by atoms with van der Waals surface area (Å²) in [5.74, 6) is -0.490. The molecule has 138 valence electrons. The van der Waals surface area contributed by atoms with Crippen LogP contribution in [-0.2, 0) is 9.53 Å². The Bertz CT molecular complexity index is 965. The van der Waals surface area contributed by atoms with Gasteiger partial charge in [-0.05, 0) is 30.3 Å². The molecule has 1 aromatic carbocycles. The van der Waals surface area contributed by atoms with Crippen LogP contribution in [0.2, 0.25) is 5.02 Å². The van der Waals surface area contributed by atoms with E-state index in [2.05, 4.69) is 25.2 Å². The second-order valence-corrected chi connectivity index (χ2v) is 6.47. The monoisotopic (exact) mass is 404 g/mol. The first-order chi connectivity index (χ1) is 13.1. The van der Waals surface area contributed by atoms with Gasteiger partial charge in [0.1, 0.15) is 0 Å². The Morgan fingerprint density at radius 3 is 2.74 bits per heavy atom. The molecule has 0 aliphatic heterocycles. The van der Waals surface area contributed by atoms with E-state index in [0.717, 1.165) is 17.3 Å². The summed E-state index contributed by atoms with van der Waals surface area (Å²) in [5, 5.41) is 11.0. The average molecular weight is 405 g/mol. The Morgan fingerprint density at radius 2 is 2.00 bits per heavy atom. The van der Waals surface area contributed by atoms with Crippen LogP contribution in [-0.4, -0.2) is 39.9 Å². The van der Waals surface area contributed by atoms with Gasteiger partial charge >= 0.3 is 5.97 Å². The van der Waals surface area contributed by atoms with Crippen LogP contribution < -0.4 is 5.32 Å². The van der Waals surface area contributed by atoms with Gasteiger partial charge in [0.2, 0.25) is 11.8 Å². The van der Waals surface area contributed by atoms with Crippen molar-refractivity contribution in [3.05, 3.63) is 53.3 Å². The highest BCUT2D eigenvalue weighted by Gasteiger charge is 2.14. The van der Waals surface area contributed by atoms with E-state index < -0.39 is 5.97 Å². The van der Waals surface area contributed by atoms with E-state index in [1.54, 1.807) is 30.6 Å². The first-order valence-electron chi connectivity index (χ1n) is 7.61. The summed E-state index contributed by atoms with van der Waals surface area (Å²) in [6.07, 6.45) is 3.24. The Hall–Kier alpha value is -2.91. The minimum atomic E-state index is -0.583. The average Bonchev–Trinajstić information content (AvgIpc) is 3.17. The van der Waals surface area contributed by atoms with Crippen molar-refractivity contribution >= 4 is 40.9 Å². The summed E-state index contributed by atoms with van der Waals surface area (Å²) < 4.78 is 10.2. The lowest BCUT2D eigenvalue weighted by Gasteiger charge is -2.07. The molecule has 3 aromatic rings. The zero-order valence-corrected chi connectivity index (χ0v) is 15.6. The number of thioether (sulfide) groups is 1. The van der Waals surface area contributed by atoms with Crippen LogP contribution in [0, 0.1) is 0 Å². The summed E-state index contributed by atoms with van der Waals surface area (Å²) in [7, 11) is 1.26. The smallest absolute Gasteiger partial charge is 0.339 e. The number of hydrogen-bond acceptors (Lipinski definition) is 8. The van der Waals surface area contributed by atoms with Crippen molar-refractivity contribution in [2.45, 2.75) is 5.22 Å². The van der Waals surface area contributed by atoms with Gasteiger partial charge in [0.25, 0.3) is 5.22 Å². The number of nitrogens with zero attached hydrogens (tertiary/aromatic N) is 3. The standard InChI is InChI=1S/C17H13ClN4O4S/c1-25-16(24)12-8-11(2-3-13(12)18)20-14(23)9-27-17-22-21-15(26-17)10-4-6-19-7-5-10/h2-8H,9H2,1H3,(H,20,23). The van der Waals surface area contributed by atoms with Gasteiger partial charge in [0.05, 0.1) is 23.4 Å². The molecule has 0 fully saturated rings. The molecule has 0 saturated carbocycles. The van der Waals surface area contributed by atoms with E-state index >= 15 is 0 Å². The van der Waals surface area contributed by atoms with Crippen LogP contribution in [0.5, 0.6) is 0 Å². The number of nitrogens with one attached hydrogen (secondary N) is 1. The molecule has 0 unspecified atom stereocenters. The molecule has 2 aromatic heterocycles. The quantitative estimate of drug-likeness (QED) is 0.492. The Kier molecular flexibility index (Phi) is 6.05. The number of pyridine rings is 1. The molecule has 10 heteroatoms. The number of carbonyl (C=O) groups excluding carboxylic acids is 2. The summed E-state index contributed by atoms with van der Waals surface area (Å²) >= 11 is 7.05. The number of hydrogen-bond donors (Lipinski definition) is 1. The minimum Gasteiger partial charge on any atom is -0.465 e. The van der Waals surface area contributed by atoms with Crippen molar-refractivity contribution in [2.75, 3.05) is 18.2 Å². The largest absolute Gasteiger partial charge is 0.465 e. The van der Waals surface area contributed by atoms with Crippen LogP contribution >= 0.6 is 23.4 Å². The molecule has 0 aliphatic rings. The van der Waals surface area contributed by atoms with Gasteiger partial charge in [-0.25, -0.2) is 4.79 Å². The van der Waals surface area contributed by atoms with Crippen LogP contribution in [0.3, 0.4) is 0 Å². The maximum absolute atomic E-state index is 12.1. The van der Waals surface area contributed by atoms with Crippen molar-refractivity contribution in [3.63, 3.8) is 0 Å². The zero-order chi connectivity index (χ0) is 19.2. The lowest BCUT2D eigenvalue weighted by atomic mass is 10.2. The molecule has 1 amide bonds. The van der Waals surface area contributed by atoms with E-state index in [0.29, 0.717) is 11.6 Å². The SMILES string of the molecule is COC(=O)c1cc(NC(=O)CSc2nnc(-c3ccncc3)o2)ccc1Cl. The molecule has 0 spiro atoms. The van der Waals surface area contributed by atoms with Crippen LogP contribution in [0.4, 0.5) is 5.69 Å². The van der Waals surface area contributed by atoms with Gasteiger partial charge in [0, 0.05) is 23.6 Å². The van der Waals surface area contributed by atoms with Crippen molar-refractivity contribution in [1.29, 1.82) is 0 Å². The van der Waals surface area contributed by atoms with Gasteiger partial charge in [-0.3, -0.25) is 9.78 Å². The van der Waals surface area contributed by atoms with Crippen molar-refractivity contribution in [3.8, 4) is 11.5 Å². The number of ether oxygens (including phenoxy) is 1. The highest BCUT2D eigenvalue weighted by Crippen LogP contribution is 2.24. The fourth-order valence-corrected chi connectivity index (χ4v) is 2.83. The lowest BCUT2D eigenvalue weighted by Crippen LogP contribution is -2.14. The summed E-state index contributed by atoms with van der Waals surface area (Å²) in [6, 6.07) is 8.04. The van der Waals surface area contributed by atoms with Crippen LogP contribution in [0.1, 0.15) is 10.4 Å². The third-order valence-electron chi connectivity index (χ3n) is 3.32. The molecule has 27 heavy (non-hydrogen) atoms. The highest BCUT2D eigenvalue weighted by molar-refractivity contribution is 7.99. The van der Waals surface area contributed by atoms with Crippen molar-refractivity contribution in [2.24, 2.45) is 0 Å². The number of aromatic nitrogens is 3. The molecule has 1 N–H and O–H groups in total. The van der Waals surface area contributed by atoms with E-state index in [-0.39, 0.29) is 27.5 Å². The maximum atomic E-state index is 12.1. The fourth-order valence-electron chi connectivity index (χ4n) is 2.07. The number of carbonyl (C=O) groups is 2. The number of amides is 1. The van der Waals surface area contributed by atoms with E-state index in [1.807, 2.05) is 0 Å². The fraction of sp³-hybridized carbons (Fsp3) is 0.118. The van der Waals surface area contributed by atoms with E-state index in [4.69, 9.17) is 16.0 Å². The van der Waals surface area contributed by atoms with Gasteiger partial charge < -0.3 is 14.5 Å². The minimum absolute atomic E-state index is 0.0498. The zero-order valence-electron chi connectivity index (χ0n) is 14.0. The summed E-state index contributed by atoms with van der Waals surface area (Å²) in [4.78, 5) is 27.7. The van der Waals surface area contributed by atoms with Gasteiger partial charge in [0.15, 0.2) is 0 Å². The van der Waals surface area contributed by atoms with Gasteiger partial charge in [-0.2, -0.15) is 0 Å². The number of benzene rings is 1. The third-order valence-corrected chi connectivity index (χ3v) is 4.46. The van der Waals surface area contributed by atoms with Crippen molar-refractivity contribution in [1.82, 2.24) is 15.2 Å².